The summed E-state index contributed by atoms with van der Waals surface area (Å²) < 4.78 is 11.2. The van der Waals surface area contributed by atoms with Crippen molar-refractivity contribution in [3.63, 3.8) is 0 Å². The van der Waals surface area contributed by atoms with Gasteiger partial charge in [0.1, 0.15) is 16.3 Å². The van der Waals surface area contributed by atoms with Crippen molar-refractivity contribution < 1.29 is 9.53 Å². The second kappa shape index (κ2) is 6.81. The highest BCUT2D eigenvalue weighted by Gasteiger charge is 2.16. The summed E-state index contributed by atoms with van der Waals surface area (Å²) in [7, 11) is 1.57. The van der Waals surface area contributed by atoms with Gasteiger partial charge < -0.3 is 14.5 Å². The molecule has 8 heteroatoms. The van der Waals surface area contributed by atoms with E-state index in [9.17, 15) is 4.79 Å². The third kappa shape index (κ3) is 3.26. The molecule has 0 atom stereocenters. The molecule has 3 aromatic heterocycles. The first-order valence-corrected chi connectivity index (χ1v) is 9.06. The maximum absolute atomic E-state index is 12.5. The average molecular weight is 379 g/mol. The van der Waals surface area contributed by atoms with E-state index >= 15 is 0 Å². The number of anilines is 1. The Balaban J connectivity index is 1.71. The summed E-state index contributed by atoms with van der Waals surface area (Å²) >= 11 is 1.07. The van der Waals surface area contributed by atoms with Crippen LogP contribution in [0.3, 0.4) is 0 Å². The molecule has 0 aliphatic carbocycles. The molecule has 0 fully saturated rings. The lowest BCUT2D eigenvalue weighted by Gasteiger charge is -2.11. The van der Waals surface area contributed by atoms with Gasteiger partial charge in [0.25, 0.3) is 5.91 Å². The molecular weight excluding hydrogens is 362 g/mol. The Morgan fingerprint density at radius 3 is 2.81 bits per heavy atom. The van der Waals surface area contributed by atoms with Gasteiger partial charge in [-0.3, -0.25) is 4.79 Å². The fourth-order valence-corrected chi connectivity index (χ4v) is 3.36. The van der Waals surface area contributed by atoms with E-state index in [1.165, 1.54) is 0 Å². The molecule has 27 heavy (non-hydrogen) atoms. The van der Waals surface area contributed by atoms with Crippen molar-refractivity contribution in [2.24, 2.45) is 0 Å². The zero-order valence-corrected chi connectivity index (χ0v) is 15.9. The van der Waals surface area contributed by atoms with Crippen LogP contribution in [0.5, 0.6) is 5.75 Å². The largest absolute Gasteiger partial charge is 0.495 e. The first-order chi connectivity index (χ1) is 13.0. The molecule has 0 bridgehead atoms. The topological polar surface area (TPSA) is 81.4 Å². The van der Waals surface area contributed by atoms with Gasteiger partial charge in [-0.05, 0) is 61.3 Å². The number of ether oxygens (including phenoxy) is 1. The number of imidazole rings is 1. The standard InChI is InChI=1S/C19H17N5O2S/c1-11-6-7-24-10-15(20-17(24)8-11)13-4-5-16(26-3)14(9-13)21-19(25)18-12(2)22-23-27-18/h4-10H,1-3H3,(H,21,25). The lowest BCUT2D eigenvalue weighted by molar-refractivity contribution is 0.102. The number of carbonyl (C=O) groups excluding carboxylic acids is 1. The number of hydrogen-bond acceptors (Lipinski definition) is 6. The van der Waals surface area contributed by atoms with Crippen LogP contribution < -0.4 is 10.1 Å². The molecule has 136 valence electrons. The SMILES string of the molecule is COc1ccc(-c2cn3ccc(C)cc3n2)cc1NC(=O)c1snnc1C. The molecule has 4 aromatic rings. The van der Waals surface area contributed by atoms with E-state index in [2.05, 4.69) is 19.9 Å². The van der Waals surface area contributed by atoms with E-state index in [4.69, 9.17) is 4.74 Å². The van der Waals surface area contributed by atoms with Gasteiger partial charge in [0.2, 0.25) is 0 Å². The van der Waals surface area contributed by atoms with Crippen molar-refractivity contribution in [3.8, 4) is 17.0 Å². The van der Waals surface area contributed by atoms with E-state index in [0.29, 0.717) is 22.0 Å². The van der Waals surface area contributed by atoms with Crippen molar-refractivity contribution in [2.75, 3.05) is 12.4 Å². The molecule has 0 unspecified atom stereocenters. The van der Waals surface area contributed by atoms with Crippen LogP contribution in [0, 0.1) is 13.8 Å². The van der Waals surface area contributed by atoms with E-state index in [-0.39, 0.29) is 5.91 Å². The summed E-state index contributed by atoms with van der Waals surface area (Å²) in [6.07, 6.45) is 3.94. The number of amides is 1. The number of benzene rings is 1. The fraction of sp³-hybridized carbons (Fsp3) is 0.158. The molecule has 1 aromatic carbocycles. The summed E-state index contributed by atoms with van der Waals surface area (Å²) in [6, 6.07) is 9.65. The average Bonchev–Trinajstić information content (AvgIpc) is 3.27. The van der Waals surface area contributed by atoms with Gasteiger partial charge in [-0.25, -0.2) is 4.98 Å². The minimum atomic E-state index is -0.261. The van der Waals surface area contributed by atoms with Gasteiger partial charge in [-0.15, -0.1) is 5.10 Å². The maximum atomic E-state index is 12.5. The number of hydrogen-bond donors (Lipinski definition) is 1. The van der Waals surface area contributed by atoms with E-state index in [0.717, 1.165) is 34.0 Å². The number of fused-ring (bicyclic) bond motifs is 1. The number of nitrogens with one attached hydrogen (secondary N) is 1. The molecule has 0 aliphatic rings. The second-order valence-corrected chi connectivity index (χ2v) is 6.91. The summed E-state index contributed by atoms with van der Waals surface area (Å²) in [5, 5.41) is 6.77. The Kier molecular flexibility index (Phi) is 4.33. The lowest BCUT2D eigenvalue weighted by atomic mass is 10.1. The van der Waals surface area contributed by atoms with Crippen LogP contribution in [0.1, 0.15) is 20.9 Å². The highest BCUT2D eigenvalue weighted by molar-refractivity contribution is 7.08. The number of carbonyl (C=O) groups is 1. The number of nitrogens with zero attached hydrogens (tertiary/aromatic N) is 4. The molecule has 0 saturated heterocycles. The van der Waals surface area contributed by atoms with Gasteiger partial charge in [-0.1, -0.05) is 4.49 Å². The molecule has 3 heterocycles. The van der Waals surface area contributed by atoms with Gasteiger partial charge >= 0.3 is 0 Å². The fourth-order valence-electron chi connectivity index (χ4n) is 2.81. The monoisotopic (exact) mass is 379 g/mol. The smallest absolute Gasteiger partial charge is 0.269 e. The van der Waals surface area contributed by atoms with Crippen LogP contribution in [-0.2, 0) is 0 Å². The normalized spacial score (nSPS) is 10.9. The quantitative estimate of drug-likeness (QED) is 0.584. The summed E-state index contributed by atoms with van der Waals surface area (Å²) in [6.45, 7) is 3.79. The Hall–Kier alpha value is -3.26. The molecule has 0 aliphatic heterocycles. The highest BCUT2D eigenvalue weighted by atomic mass is 32.1. The number of rotatable bonds is 4. The van der Waals surface area contributed by atoms with E-state index < -0.39 is 0 Å². The summed E-state index contributed by atoms with van der Waals surface area (Å²) in [5.41, 5.74) is 4.89. The van der Waals surface area contributed by atoms with Gasteiger partial charge in [0.05, 0.1) is 24.2 Å². The van der Waals surface area contributed by atoms with Crippen molar-refractivity contribution in [2.45, 2.75) is 13.8 Å². The minimum Gasteiger partial charge on any atom is -0.495 e. The molecule has 0 radical (unpaired) electrons. The molecule has 0 spiro atoms. The Labute approximate surface area is 159 Å². The van der Waals surface area contributed by atoms with Crippen LogP contribution in [0.2, 0.25) is 0 Å². The number of aromatic nitrogens is 4. The van der Waals surface area contributed by atoms with Crippen LogP contribution >= 0.6 is 11.5 Å². The predicted molar refractivity (Wildman–Crippen MR) is 105 cm³/mol. The Bertz CT molecular complexity index is 1150. The zero-order valence-electron chi connectivity index (χ0n) is 15.1. The van der Waals surface area contributed by atoms with Crippen LogP contribution in [0.15, 0.2) is 42.7 Å². The zero-order chi connectivity index (χ0) is 19.0. The Morgan fingerprint density at radius 2 is 2.07 bits per heavy atom. The summed E-state index contributed by atoms with van der Waals surface area (Å²) in [4.78, 5) is 17.7. The molecule has 0 saturated carbocycles. The molecule has 1 N–H and O–H groups in total. The van der Waals surface area contributed by atoms with Crippen LogP contribution in [0.4, 0.5) is 5.69 Å². The third-order valence-corrected chi connectivity index (χ3v) is 5.04. The van der Waals surface area contributed by atoms with Crippen molar-refractivity contribution >= 4 is 28.8 Å². The second-order valence-electron chi connectivity index (χ2n) is 6.15. The first kappa shape index (κ1) is 17.2. The van der Waals surface area contributed by atoms with Crippen LogP contribution in [-0.4, -0.2) is 32.0 Å². The third-order valence-electron chi connectivity index (χ3n) is 4.22. The van der Waals surface area contributed by atoms with E-state index in [1.54, 1.807) is 14.0 Å². The lowest BCUT2D eigenvalue weighted by Crippen LogP contribution is -2.12. The molecule has 4 rings (SSSR count). The minimum absolute atomic E-state index is 0.261. The first-order valence-electron chi connectivity index (χ1n) is 8.29. The van der Waals surface area contributed by atoms with Gasteiger partial charge in [-0.2, -0.15) is 0 Å². The summed E-state index contributed by atoms with van der Waals surface area (Å²) in [5.74, 6) is 0.311. The van der Waals surface area contributed by atoms with Gasteiger partial charge in [0.15, 0.2) is 0 Å². The van der Waals surface area contributed by atoms with Crippen molar-refractivity contribution in [1.29, 1.82) is 0 Å². The molecule has 1 amide bonds. The number of aryl methyl sites for hydroxylation is 2. The number of pyridine rings is 1. The Morgan fingerprint density at radius 1 is 1.22 bits per heavy atom. The highest BCUT2D eigenvalue weighted by Crippen LogP contribution is 2.31. The predicted octanol–water partition coefficient (Wildman–Crippen LogP) is 3.73. The van der Waals surface area contributed by atoms with Crippen molar-refractivity contribution in [3.05, 3.63) is 58.9 Å². The maximum Gasteiger partial charge on any atom is 0.269 e. The van der Waals surface area contributed by atoms with E-state index in [1.807, 2.05) is 54.0 Å². The molecule has 7 nitrogen and oxygen atoms in total. The molecular formula is C19H17N5O2S. The van der Waals surface area contributed by atoms with Crippen LogP contribution in [0.25, 0.3) is 16.9 Å². The number of methoxy groups -OCH3 is 1. The van der Waals surface area contributed by atoms with Gasteiger partial charge in [0, 0.05) is 18.0 Å². The van der Waals surface area contributed by atoms with Crippen molar-refractivity contribution in [1.82, 2.24) is 19.0 Å².